The number of hydrogen-bond donors (Lipinski definition) is 0. The Morgan fingerprint density at radius 2 is 0.882 bits per heavy atom. The predicted molar refractivity (Wildman–Crippen MR) is 76.4 cm³/mol. The third-order valence-corrected chi connectivity index (χ3v) is 3.44. The second-order valence-electron chi connectivity index (χ2n) is 3.03. The van der Waals surface area contributed by atoms with Crippen LogP contribution in [0.15, 0.2) is 70.5 Å². The van der Waals surface area contributed by atoms with Gasteiger partial charge < -0.3 is 0 Å². The molecule has 90 valence electrons. The maximum absolute atomic E-state index is 2.10. The van der Waals surface area contributed by atoms with Crippen LogP contribution in [-0.2, 0) is 17.4 Å². The van der Waals surface area contributed by atoms with Gasteiger partial charge in [0.15, 0.2) is 0 Å². The zero-order valence-electron chi connectivity index (χ0n) is 10.00. The first kappa shape index (κ1) is 16.7. The molecule has 17 heavy (non-hydrogen) atoms. The van der Waals surface area contributed by atoms with E-state index in [4.69, 9.17) is 0 Å². The number of hydrogen-bond acceptors (Lipinski definition) is 2. The first-order valence-electron chi connectivity index (χ1n) is 5.05. The molecule has 0 radical (unpaired) electrons. The molecule has 2 rings (SSSR count). The van der Waals surface area contributed by atoms with Gasteiger partial charge in [0, 0.05) is 27.2 Å². The third kappa shape index (κ3) is 7.57. The number of thioether (sulfide) groups is 2. The Balaban J connectivity index is 0.000000284. The number of rotatable bonds is 2. The fourth-order valence-corrected chi connectivity index (χ4v) is 1.97. The normalized spacial score (nSPS) is 8.59. The monoisotopic (exact) mass is 300 g/mol. The summed E-state index contributed by atoms with van der Waals surface area (Å²) in [6.45, 7) is 0. The Labute approximate surface area is 123 Å². The van der Waals surface area contributed by atoms with E-state index in [-0.39, 0.29) is 17.4 Å². The molecule has 0 heterocycles. The minimum Gasteiger partial charge on any atom is -0.130 e. The Hall–Kier alpha value is -0.328. The topological polar surface area (TPSA) is 0 Å². The van der Waals surface area contributed by atoms with Crippen molar-refractivity contribution in [3.63, 3.8) is 0 Å². The zero-order valence-corrected chi connectivity index (χ0v) is 12.9. The van der Waals surface area contributed by atoms with Crippen molar-refractivity contribution in [3.05, 3.63) is 60.7 Å². The van der Waals surface area contributed by atoms with Gasteiger partial charge in [0.05, 0.1) is 0 Å². The molecule has 0 aliphatic carbocycles. The molecule has 0 amide bonds. The molecule has 0 N–H and O–H groups in total. The van der Waals surface area contributed by atoms with Gasteiger partial charge in [0.2, 0.25) is 0 Å². The van der Waals surface area contributed by atoms with Gasteiger partial charge in [0.25, 0.3) is 0 Å². The molecule has 0 atom stereocenters. The van der Waals surface area contributed by atoms with Crippen molar-refractivity contribution in [2.45, 2.75) is 9.79 Å². The SMILES string of the molecule is CSc1ccccc1.CSc1ccccc1.[Cr]. The Morgan fingerprint density at radius 1 is 0.588 bits per heavy atom. The molecule has 0 saturated carbocycles. The van der Waals surface area contributed by atoms with Gasteiger partial charge in [-0.25, -0.2) is 0 Å². The van der Waals surface area contributed by atoms with Crippen molar-refractivity contribution >= 4 is 23.5 Å². The second-order valence-corrected chi connectivity index (χ2v) is 4.79. The van der Waals surface area contributed by atoms with Crippen molar-refractivity contribution in [3.8, 4) is 0 Å². The van der Waals surface area contributed by atoms with Gasteiger partial charge in [-0.2, -0.15) is 0 Å². The molecule has 2 aromatic carbocycles. The molecule has 0 aromatic heterocycles. The predicted octanol–water partition coefficient (Wildman–Crippen LogP) is 4.81. The van der Waals surface area contributed by atoms with Crippen LogP contribution in [-0.4, -0.2) is 12.5 Å². The van der Waals surface area contributed by atoms with Crippen LogP contribution in [0, 0.1) is 0 Å². The van der Waals surface area contributed by atoms with E-state index in [1.54, 1.807) is 23.5 Å². The van der Waals surface area contributed by atoms with Crippen LogP contribution in [0.1, 0.15) is 0 Å². The van der Waals surface area contributed by atoms with Gasteiger partial charge in [-0.05, 0) is 36.8 Å². The van der Waals surface area contributed by atoms with Gasteiger partial charge in [-0.3, -0.25) is 0 Å². The first-order chi connectivity index (χ1) is 7.86. The van der Waals surface area contributed by atoms with E-state index in [1.165, 1.54) is 9.79 Å². The maximum atomic E-state index is 2.10. The summed E-state index contributed by atoms with van der Waals surface area (Å²) >= 11 is 3.54. The van der Waals surface area contributed by atoms with E-state index in [2.05, 4.69) is 36.8 Å². The zero-order chi connectivity index (χ0) is 11.6. The largest absolute Gasteiger partial charge is 0.130 e. The molecule has 0 bridgehead atoms. The molecule has 2 aromatic rings. The van der Waals surface area contributed by atoms with Gasteiger partial charge in [0.1, 0.15) is 0 Å². The molecule has 0 unspecified atom stereocenters. The fraction of sp³-hybridized carbons (Fsp3) is 0.143. The van der Waals surface area contributed by atoms with Crippen LogP contribution in [0.4, 0.5) is 0 Å². The summed E-state index contributed by atoms with van der Waals surface area (Å²) in [6.07, 6.45) is 4.16. The summed E-state index contributed by atoms with van der Waals surface area (Å²) < 4.78 is 0. The second kappa shape index (κ2) is 10.8. The summed E-state index contributed by atoms with van der Waals surface area (Å²) in [4.78, 5) is 2.65. The Kier molecular flexibility index (Phi) is 10.6. The Bertz CT molecular complexity index is 336. The summed E-state index contributed by atoms with van der Waals surface area (Å²) in [5.74, 6) is 0. The van der Waals surface area contributed by atoms with Gasteiger partial charge in [-0.15, -0.1) is 23.5 Å². The molecular weight excluding hydrogens is 284 g/mol. The van der Waals surface area contributed by atoms with Gasteiger partial charge in [-0.1, -0.05) is 36.4 Å². The summed E-state index contributed by atoms with van der Waals surface area (Å²) in [7, 11) is 0. The van der Waals surface area contributed by atoms with Crippen LogP contribution in [0.2, 0.25) is 0 Å². The molecule has 0 nitrogen and oxygen atoms in total. The van der Waals surface area contributed by atoms with Crippen molar-refractivity contribution in [2.24, 2.45) is 0 Å². The Morgan fingerprint density at radius 3 is 1.06 bits per heavy atom. The third-order valence-electron chi connectivity index (χ3n) is 1.96. The molecule has 0 aliphatic rings. The van der Waals surface area contributed by atoms with E-state index in [9.17, 15) is 0 Å². The first-order valence-corrected chi connectivity index (χ1v) is 7.50. The van der Waals surface area contributed by atoms with E-state index in [0.717, 1.165) is 0 Å². The minimum atomic E-state index is 0. The smallest absolute Gasteiger partial charge is 0.00691 e. The minimum absolute atomic E-state index is 0. The van der Waals surface area contributed by atoms with Gasteiger partial charge >= 0.3 is 0 Å². The van der Waals surface area contributed by atoms with E-state index < -0.39 is 0 Å². The average Bonchev–Trinajstić information content (AvgIpc) is 2.41. The van der Waals surface area contributed by atoms with E-state index >= 15 is 0 Å². The van der Waals surface area contributed by atoms with Crippen molar-refractivity contribution < 1.29 is 17.4 Å². The van der Waals surface area contributed by atoms with Crippen LogP contribution < -0.4 is 0 Å². The quantitative estimate of drug-likeness (QED) is 0.730. The molecular formula is C14H16CrS2. The van der Waals surface area contributed by atoms with Crippen LogP contribution in [0.5, 0.6) is 0 Å². The molecule has 3 heteroatoms. The van der Waals surface area contributed by atoms with E-state index in [0.29, 0.717) is 0 Å². The molecule has 0 fully saturated rings. The van der Waals surface area contributed by atoms with Crippen molar-refractivity contribution in [1.29, 1.82) is 0 Å². The fourth-order valence-electron chi connectivity index (χ4n) is 1.11. The number of benzene rings is 2. The molecule has 0 saturated heterocycles. The summed E-state index contributed by atoms with van der Waals surface area (Å²) in [5.41, 5.74) is 0. The van der Waals surface area contributed by atoms with Crippen LogP contribution >= 0.6 is 23.5 Å². The summed E-state index contributed by atoms with van der Waals surface area (Å²) in [5, 5.41) is 0. The molecule has 0 spiro atoms. The standard InChI is InChI=1S/2C7H8S.Cr/c2*1-8-7-5-3-2-4-6-7;/h2*2-6H,1H3;. The maximum Gasteiger partial charge on any atom is 0.00691 e. The van der Waals surface area contributed by atoms with Crippen molar-refractivity contribution in [2.75, 3.05) is 12.5 Å². The van der Waals surface area contributed by atoms with Crippen molar-refractivity contribution in [1.82, 2.24) is 0 Å². The van der Waals surface area contributed by atoms with Crippen LogP contribution in [0.3, 0.4) is 0 Å². The van der Waals surface area contributed by atoms with E-state index in [1.807, 2.05) is 36.4 Å². The summed E-state index contributed by atoms with van der Waals surface area (Å²) in [6, 6.07) is 20.7. The molecule has 0 aliphatic heterocycles. The average molecular weight is 300 g/mol. The van der Waals surface area contributed by atoms with Crippen LogP contribution in [0.25, 0.3) is 0 Å².